The predicted molar refractivity (Wildman–Crippen MR) is 140 cm³/mol. The quantitative estimate of drug-likeness (QED) is 0.325. The second-order valence-corrected chi connectivity index (χ2v) is 10.3. The molecule has 39 heavy (non-hydrogen) atoms. The van der Waals surface area contributed by atoms with Crippen LogP contribution in [0, 0.1) is 11.6 Å². The van der Waals surface area contributed by atoms with Crippen molar-refractivity contribution >= 4 is 5.78 Å². The number of ketones is 1. The first kappa shape index (κ1) is 28.4. The molecule has 8 nitrogen and oxygen atoms in total. The van der Waals surface area contributed by atoms with Gasteiger partial charge in [-0.05, 0) is 69.7 Å². The normalized spacial score (nSPS) is 18.6. The summed E-state index contributed by atoms with van der Waals surface area (Å²) in [5.74, 6) is -1.38. The summed E-state index contributed by atoms with van der Waals surface area (Å²) in [6.07, 6.45) is -0.991. The topological polar surface area (TPSA) is 124 Å². The van der Waals surface area contributed by atoms with E-state index in [1.165, 1.54) is 39.2 Å². The first-order valence-corrected chi connectivity index (χ1v) is 12.5. The van der Waals surface area contributed by atoms with Gasteiger partial charge in [0.1, 0.15) is 30.3 Å². The predicted octanol–water partition coefficient (Wildman–Crippen LogP) is 4.23. The lowest BCUT2D eigenvalue weighted by Gasteiger charge is -2.25. The number of carbonyl (C=O) groups excluding carboxylic acids is 1. The molecule has 4 rings (SSSR count). The number of rotatable bonds is 10. The molecule has 0 bridgehead atoms. The third-order valence-electron chi connectivity index (χ3n) is 6.63. The fourth-order valence-corrected chi connectivity index (χ4v) is 4.34. The summed E-state index contributed by atoms with van der Waals surface area (Å²) in [6, 6.07) is 9.79. The van der Waals surface area contributed by atoms with E-state index < -0.39 is 34.7 Å². The maximum atomic E-state index is 14.7. The maximum Gasteiger partial charge on any atom is 0.197 e. The average molecular weight is 543 g/mol. The first-order chi connectivity index (χ1) is 18.3. The van der Waals surface area contributed by atoms with Gasteiger partial charge in [-0.3, -0.25) is 4.79 Å². The second-order valence-electron chi connectivity index (χ2n) is 10.3. The number of aliphatic hydroxyl groups excluding tert-OH is 1. The van der Waals surface area contributed by atoms with E-state index in [1.54, 1.807) is 25.1 Å². The van der Waals surface area contributed by atoms with Crippen LogP contribution in [0.15, 0.2) is 42.5 Å². The number of carbonyl (C=O) groups is 1. The van der Waals surface area contributed by atoms with E-state index in [9.17, 15) is 23.8 Å². The number of halogens is 2. The molecule has 0 saturated carbocycles. The third-order valence-corrected chi connectivity index (χ3v) is 6.63. The molecule has 0 saturated heterocycles. The van der Waals surface area contributed by atoms with E-state index in [0.29, 0.717) is 22.6 Å². The Morgan fingerprint density at radius 3 is 2.59 bits per heavy atom. The lowest BCUT2D eigenvalue weighted by atomic mass is 9.88. The van der Waals surface area contributed by atoms with Gasteiger partial charge in [-0.15, -0.1) is 0 Å². The molecule has 1 aliphatic rings. The zero-order chi connectivity index (χ0) is 28.5. The van der Waals surface area contributed by atoms with Gasteiger partial charge in [0, 0.05) is 23.1 Å². The molecule has 208 valence electrons. The number of pyridine rings is 1. The van der Waals surface area contributed by atoms with Crippen molar-refractivity contribution in [2.24, 2.45) is 5.73 Å². The Labute approximate surface area is 225 Å². The number of ether oxygens (including phenoxy) is 3. The van der Waals surface area contributed by atoms with E-state index in [4.69, 9.17) is 19.9 Å². The largest absolute Gasteiger partial charge is 0.493 e. The van der Waals surface area contributed by atoms with Crippen LogP contribution in [-0.2, 0) is 11.1 Å². The molecule has 0 radical (unpaired) electrons. The molecule has 0 spiro atoms. The molecule has 3 aromatic rings. The van der Waals surface area contributed by atoms with E-state index >= 15 is 0 Å². The van der Waals surface area contributed by atoms with Crippen molar-refractivity contribution < 1.29 is 38.0 Å². The highest BCUT2D eigenvalue weighted by molar-refractivity contribution is 5.96. The Hall–Kier alpha value is -3.60. The fraction of sp³-hybridized carbons (Fsp3) is 0.379. The molecule has 1 aliphatic heterocycles. The number of nitrogens with two attached hydrogens (primary N) is 1. The van der Waals surface area contributed by atoms with Crippen LogP contribution in [0.3, 0.4) is 0 Å². The van der Waals surface area contributed by atoms with Crippen molar-refractivity contribution in [3.05, 3.63) is 70.9 Å². The molecule has 10 heteroatoms. The lowest BCUT2D eigenvalue weighted by Crippen LogP contribution is -2.35. The highest BCUT2D eigenvalue weighted by Gasteiger charge is 2.38. The van der Waals surface area contributed by atoms with Crippen molar-refractivity contribution in [1.29, 1.82) is 0 Å². The Kier molecular flexibility index (Phi) is 7.92. The van der Waals surface area contributed by atoms with Crippen LogP contribution in [-0.4, -0.2) is 47.4 Å². The van der Waals surface area contributed by atoms with Crippen LogP contribution in [0.1, 0.15) is 55.2 Å². The molecule has 1 aromatic heterocycles. The van der Waals surface area contributed by atoms with E-state index in [-0.39, 0.29) is 48.8 Å². The highest BCUT2D eigenvalue weighted by atomic mass is 19.1. The zero-order valence-electron chi connectivity index (χ0n) is 22.3. The van der Waals surface area contributed by atoms with Crippen LogP contribution in [0.4, 0.5) is 8.78 Å². The van der Waals surface area contributed by atoms with Crippen LogP contribution < -0.4 is 19.9 Å². The molecule has 2 heterocycles. The SMILES string of the molecule is COc1cc(C(=O)CC[C@@](C)(O)c2cc3c(c(-c4ccc(F)cc4)n2)OC[C@@]3(C)N)cc(F)c1OC[C@@H](C)O. The number of fused-ring (bicyclic) bond motifs is 1. The van der Waals surface area contributed by atoms with E-state index in [1.807, 2.05) is 0 Å². The minimum Gasteiger partial charge on any atom is -0.493 e. The number of aromatic nitrogens is 1. The van der Waals surface area contributed by atoms with Crippen LogP contribution in [0.25, 0.3) is 11.3 Å². The summed E-state index contributed by atoms with van der Waals surface area (Å²) in [5.41, 5.74) is 5.96. The third kappa shape index (κ3) is 6.03. The van der Waals surface area contributed by atoms with Gasteiger partial charge in [0.25, 0.3) is 0 Å². The number of nitrogens with zero attached hydrogens (tertiary/aromatic N) is 1. The summed E-state index contributed by atoms with van der Waals surface area (Å²) in [7, 11) is 1.32. The van der Waals surface area contributed by atoms with E-state index in [0.717, 1.165) is 6.07 Å². The second kappa shape index (κ2) is 10.9. The molecular weight excluding hydrogens is 510 g/mol. The van der Waals surface area contributed by atoms with Gasteiger partial charge in [-0.2, -0.15) is 0 Å². The van der Waals surface area contributed by atoms with Gasteiger partial charge in [0.05, 0.1) is 24.4 Å². The Balaban J connectivity index is 1.60. The van der Waals surface area contributed by atoms with Gasteiger partial charge in [-0.1, -0.05) is 0 Å². The van der Waals surface area contributed by atoms with Crippen molar-refractivity contribution in [3.8, 4) is 28.5 Å². The Morgan fingerprint density at radius 1 is 1.26 bits per heavy atom. The molecule has 0 unspecified atom stereocenters. The van der Waals surface area contributed by atoms with Crippen LogP contribution in [0.2, 0.25) is 0 Å². The van der Waals surface area contributed by atoms with Crippen molar-refractivity contribution in [2.45, 2.75) is 50.9 Å². The van der Waals surface area contributed by atoms with Crippen LogP contribution >= 0.6 is 0 Å². The van der Waals surface area contributed by atoms with Crippen molar-refractivity contribution in [2.75, 3.05) is 20.3 Å². The van der Waals surface area contributed by atoms with Crippen molar-refractivity contribution in [1.82, 2.24) is 4.98 Å². The number of methoxy groups -OCH3 is 1. The van der Waals surface area contributed by atoms with Gasteiger partial charge in [0.2, 0.25) is 0 Å². The maximum absolute atomic E-state index is 14.7. The van der Waals surface area contributed by atoms with Gasteiger partial charge in [-0.25, -0.2) is 13.8 Å². The fourth-order valence-electron chi connectivity index (χ4n) is 4.34. The number of Topliss-reactive ketones (excluding diaryl/α,β-unsaturated/α-hetero) is 1. The van der Waals surface area contributed by atoms with Crippen LogP contribution in [0.5, 0.6) is 17.2 Å². The Morgan fingerprint density at radius 2 is 1.95 bits per heavy atom. The summed E-state index contributed by atoms with van der Waals surface area (Å²) < 4.78 is 44.6. The summed E-state index contributed by atoms with van der Waals surface area (Å²) >= 11 is 0. The molecule has 0 amide bonds. The lowest BCUT2D eigenvalue weighted by molar-refractivity contribution is 0.0396. The minimum atomic E-state index is -1.57. The summed E-state index contributed by atoms with van der Waals surface area (Å²) in [4.78, 5) is 17.7. The number of aliphatic hydroxyl groups is 2. The molecule has 2 aromatic carbocycles. The molecule has 4 N–H and O–H groups in total. The molecule has 0 aliphatic carbocycles. The first-order valence-electron chi connectivity index (χ1n) is 12.5. The zero-order valence-corrected chi connectivity index (χ0v) is 22.3. The monoisotopic (exact) mass is 542 g/mol. The average Bonchev–Trinajstić information content (AvgIpc) is 3.20. The molecule has 0 fully saturated rings. The Bertz CT molecular complexity index is 1370. The number of hydrogen-bond acceptors (Lipinski definition) is 8. The summed E-state index contributed by atoms with van der Waals surface area (Å²) in [6.45, 7) is 4.87. The molecular formula is C29H32F2N2O6. The minimum absolute atomic E-state index is 0.0113. The number of benzene rings is 2. The molecule has 3 atom stereocenters. The smallest absolute Gasteiger partial charge is 0.197 e. The van der Waals surface area contributed by atoms with Gasteiger partial charge >= 0.3 is 0 Å². The van der Waals surface area contributed by atoms with Gasteiger partial charge in [0.15, 0.2) is 28.8 Å². The van der Waals surface area contributed by atoms with Gasteiger partial charge < -0.3 is 30.2 Å². The highest BCUT2D eigenvalue weighted by Crippen LogP contribution is 2.44. The number of hydrogen-bond donors (Lipinski definition) is 3. The summed E-state index contributed by atoms with van der Waals surface area (Å²) in [5, 5.41) is 20.8. The van der Waals surface area contributed by atoms with E-state index in [2.05, 4.69) is 4.98 Å². The standard InChI is InChI=1S/C29H32F2N2O6/c1-16(34)14-38-27-21(31)11-18(12-23(27)37-4)22(35)9-10-29(3,36)24-13-20-26(39-15-28(20,2)32)25(33-24)17-5-7-19(30)8-6-17/h5-8,11-13,16,34,36H,9-10,14-15,32H2,1-4H3/t16-,28-,29-/m1/s1. The van der Waals surface area contributed by atoms with Crippen molar-refractivity contribution in [3.63, 3.8) is 0 Å².